The van der Waals surface area contributed by atoms with E-state index in [0.29, 0.717) is 25.3 Å². The fourth-order valence-electron chi connectivity index (χ4n) is 4.65. The molecular weight excluding hydrogens is 254 g/mol. The molecule has 0 aromatic carbocycles. The summed E-state index contributed by atoms with van der Waals surface area (Å²) in [6, 6.07) is 0. The van der Waals surface area contributed by atoms with Crippen molar-refractivity contribution in [3.63, 3.8) is 0 Å². The van der Waals surface area contributed by atoms with E-state index in [9.17, 15) is 14.7 Å². The Balaban J connectivity index is 1.57. The predicted molar refractivity (Wildman–Crippen MR) is 75.1 cm³/mol. The van der Waals surface area contributed by atoms with Crippen LogP contribution in [0.4, 0.5) is 0 Å². The van der Waals surface area contributed by atoms with Crippen LogP contribution in [0.15, 0.2) is 0 Å². The molecule has 0 saturated heterocycles. The van der Waals surface area contributed by atoms with E-state index in [4.69, 9.17) is 0 Å². The van der Waals surface area contributed by atoms with E-state index in [1.165, 1.54) is 19.3 Å². The number of rotatable bonds is 4. The van der Waals surface area contributed by atoms with E-state index in [1.807, 2.05) is 0 Å². The van der Waals surface area contributed by atoms with Gasteiger partial charge >= 0.3 is 5.97 Å². The van der Waals surface area contributed by atoms with Crippen LogP contribution in [-0.2, 0) is 9.59 Å². The standard InChI is InChI=1S/C16H25NO3/c18-14(13-9-11-4-5-12(13)8-11)17-10-16(15(19)20)6-2-1-3-7-16/h11-13H,1-10H2,(H,17,18)(H,19,20). The predicted octanol–water partition coefficient (Wildman–Crippen LogP) is 2.57. The maximum absolute atomic E-state index is 12.3. The molecule has 20 heavy (non-hydrogen) atoms. The van der Waals surface area contributed by atoms with Gasteiger partial charge in [-0.15, -0.1) is 0 Å². The molecule has 3 rings (SSSR count). The van der Waals surface area contributed by atoms with E-state index in [2.05, 4.69) is 5.32 Å². The van der Waals surface area contributed by atoms with Crippen molar-refractivity contribution in [2.24, 2.45) is 23.2 Å². The fourth-order valence-corrected chi connectivity index (χ4v) is 4.65. The molecule has 3 saturated carbocycles. The van der Waals surface area contributed by atoms with Gasteiger partial charge in [0.2, 0.25) is 5.91 Å². The van der Waals surface area contributed by atoms with Crippen molar-refractivity contribution in [1.82, 2.24) is 5.32 Å². The summed E-state index contributed by atoms with van der Waals surface area (Å²) < 4.78 is 0. The highest BCUT2D eigenvalue weighted by atomic mass is 16.4. The largest absolute Gasteiger partial charge is 0.481 e. The van der Waals surface area contributed by atoms with E-state index in [1.54, 1.807) is 0 Å². The lowest BCUT2D eigenvalue weighted by molar-refractivity contribution is -0.151. The third kappa shape index (κ3) is 2.45. The normalized spacial score (nSPS) is 34.9. The van der Waals surface area contributed by atoms with Gasteiger partial charge in [0, 0.05) is 12.5 Å². The van der Waals surface area contributed by atoms with Crippen LogP contribution in [0.3, 0.4) is 0 Å². The van der Waals surface area contributed by atoms with Gasteiger partial charge in [0.05, 0.1) is 5.41 Å². The maximum atomic E-state index is 12.3. The Labute approximate surface area is 120 Å². The van der Waals surface area contributed by atoms with Gasteiger partial charge in [0.1, 0.15) is 0 Å². The van der Waals surface area contributed by atoms with Gasteiger partial charge in [-0.05, 0) is 43.9 Å². The van der Waals surface area contributed by atoms with Crippen molar-refractivity contribution in [3.8, 4) is 0 Å². The van der Waals surface area contributed by atoms with Gasteiger partial charge in [-0.25, -0.2) is 0 Å². The maximum Gasteiger partial charge on any atom is 0.311 e. The molecule has 4 heteroatoms. The summed E-state index contributed by atoms with van der Waals surface area (Å²) in [4.78, 5) is 23.9. The van der Waals surface area contributed by atoms with E-state index in [-0.39, 0.29) is 11.8 Å². The van der Waals surface area contributed by atoms with Crippen molar-refractivity contribution in [2.75, 3.05) is 6.54 Å². The molecule has 4 nitrogen and oxygen atoms in total. The van der Waals surface area contributed by atoms with Gasteiger partial charge in [0.25, 0.3) is 0 Å². The van der Waals surface area contributed by atoms with Crippen LogP contribution < -0.4 is 5.32 Å². The SMILES string of the molecule is O=C(NCC1(C(=O)O)CCCCC1)C1CC2CCC1C2. The molecule has 0 aliphatic heterocycles. The number of aliphatic carboxylic acids is 1. The Kier molecular flexibility index (Phi) is 3.74. The molecule has 1 amide bonds. The van der Waals surface area contributed by atoms with E-state index in [0.717, 1.165) is 31.6 Å². The third-order valence-corrected chi connectivity index (χ3v) is 5.94. The molecule has 112 valence electrons. The zero-order valence-electron chi connectivity index (χ0n) is 12.1. The van der Waals surface area contributed by atoms with Crippen molar-refractivity contribution >= 4 is 11.9 Å². The van der Waals surface area contributed by atoms with Gasteiger partial charge in [-0.3, -0.25) is 9.59 Å². The summed E-state index contributed by atoms with van der Waals surface area (Å²) in [5, 5.41) is 12.5. The molecule has 0 spiro atoms. The second-order valence-electron chi connectivity index (χ2n) is 7.15. The van der Waals surface area contributed by atoms with Gasteiger partial charge < -0.3 is 10.4 Å². The number of hydrogen-bond acceptors (Lipinski definition) is 2. The summed E-state index contributed by atoms with van der Waals surface area (Å²) in [5.74, 6) is 0.850. The first kappa shape index (κ1) is 13.9. The molecule has 3 atom stereocenters. The van der Waals surface area contributed by atoms with Gasteiger partial charge in [-0.1, -0.05) is 25.7 Å². The molecule has 3 fully saturated rings. The molecule has 0 aromatic rings. The Morgan fingerprint density at radius 3 is 2.40 bits per heavy atom. The van der Waals surface area contributed by atoms with Gasteiger partial charge in [0.15, 0.2) is 0 Å². The number of fused-ring (bicyclic) bond motifs is 2. The summed E-state index contributed by atoms with van der Waals surface area (Å²) >= 11 is 0. The van der Waals surface area contributed by atoms with Crippen LogP contribution >= 0.6 is 0 Å². The minimum Gasteiger partial charge on any atom is -0.481 e. The fraction of sp³-hybridized carbons (Fsp3) is 0.875. The topological polar surface area (TPSA) is 66.4 Å². The number of carboxylic acids is 1. The average Bonchev–Trinajstić information content (AvgIpc) is 3.08. The van der Waals surface area contributed by atoms with Crippen LogP contribution in [-0.4, -0.2) is 23.5 Å². The van der Waals surface area contributed by atoms with Crippen molar-refractivity contribution < 1.29 is 14.7 Å². The molecule has 2 N–H and O–H groups in total. The van der Waals surface area contributed by atoms with Crippen LogP contribution in [0.2, 0.25) is 0 Å². The molecular formula is C16H25NO3. The Morgan fingerprint density at radius 1 is 1.10 bits per heavy atom. The summed E-state index contributed by atoms with van der Waals surface area (Å²) in [6.45, 7) is 0.328. The number of amides is 1. The highest BCUT2D eigenvalue weighted by molar-refractivity contribution is 5.81. The third-order valence-electron chi connectivity index (χ3n) is 5.94. The number of hydrogen-bond donors (Lipinski definition) is 2. The van der Waals surface area contributed by atoms with Crippen LogP contribution in [0, 0.1) is 23.2 Å². The lowest BCUT2D eigenvalue weighted by Crippen LogP contribution is -2.46. The highest BCUT2D eigenvalue weighted by Crippen LogP contribution is 2.48. The van der Waals surface area contributed by atoms with Crippen LogP contribution in [0.25, 0.3) is 0 Å². The second-order valence-corrected chi connectivity index (χ2v) is 7.15. The number of nitrogens with one attached hydrogen (secondary N) is 1. The highest BCUT2D eigenvalue weighted by Gasteiger charge is 2.44. The average molecular weight is 279 g/mol. The molecule has 3 unspecified atom stereocenters. The number of carbonyl (C=O) groups is 2. The first-order chi connectivity index (χ1) is 9.61. The van der Waals surface area contributed by atoms with Crippen molar-refractivity contribution in [3.05, 3.63) is 0 Å². The lowest BCUT2D eigenvalue weighted by atomic mass is 9.74. The Morgan fingerprint density at radius 2 is 1.85 bits per heavy atom. The zero-order valence-corrected chi connectivity index (χ0v) is 12.1. The number of carboxylic acid groups (broad SMARTS) is 1. The minimum atomic E-state index is -0.731. The Bertz CT molecular complexity index is 401. The first-order valence-electron chi connectivity index (χ1n) is 8.12. The molecule has 0 radical (unpaired) electrons. The van der Waals surface area contributed by atoms with Gasteiger partial charge in [-0.2, -0.15) is 0 Å². The van der Waals surface area contributed by atoms with E-state index >= 15 is 0 Å². The minimum absolute atomic E-state index is 0.114. The quantitative estimate of drug-likeness (QED) is 0.831. The number of carbonyl (C=O) groups excluding carboxylic acids is 1. The molecule has 0 heterocycles. The molecule has 3 aliphatic carbocycles. The van der Waals surface area contributed by atoms with Crippen LogP contribution in [0.5, 0.6) is 0 Å². The molecule has 3 aliphatic rings. The summed E-state index contributed by atoms with van der Waals surface area (Å²) in [5.41, 5.74) is -0.703. The first-order valence-corrected chi connectivity index (χ1v) is 8.12. The summed E-state index contributed by atoms with van der Waals surface area (Å²) in [6.07, 6.45) is 9.18. The second kappa shape index (κ2) is 5.38. The summed E-state index contributed by atoms with van der Waals surface area (Å²) in [7, 11) is 0. The van der Waals surface area contributed by atoms with Crippen LogP contribution in [0.1, 0.15) is 57.8 Å². The lowest BCUT2D eigenvalue weighted by Gasteiger charge is -2.34. The van der Waals surface area contributed by atoms with Crippen molar-refractivity contribution in [1.29, 1.82) is 0 Å². The van der Waals surface area contributed by atoms with E-state index < -0.39 is 11.4 Å². The molecule has 2 bridgehead atoms. The zero-order chi connectivity index (χ0) is 14.2. The Hall–Kier alpha value is -1.06. The monoisotopic (exact) mass is 279 g/mol. The molecule has 0 aromatic heterocycles. The smallest absolute Gasteiger partial charge is 0.311 e. The van der Waals surface area contributed by atoms with Crippen molar-refractivity contribution in [2.45, 2.75) is 57.8 Å².